The van der Waals surface area contributed by atoms with Gasteiger partial charge in [0.25, 0.3) is 0 Å². The molecular formula is C15H22FNO. The molecule has 0 N–H and O–H groups in total. The topological polar surface area (TPSA) is 20.3 Å². The van der Waals surface area contributed by atoms with Crippen LogP contribution in [0.1, 0.15) is 50.4 Å². The minimum atomic E-state index is -0.361. The van der Waals surface area contributed by atoms with Gasteiger partial charge in [-0.15, -0.1) is 0 Å². The number of hydrogen-bond acceptors (Lipinski definition) is 2. The van der Waals surface area contributed by atoms with Gasteiger partial charge < -0.3 is 4.90 Å². The molecule has 0 heterocycles. The molecule has 1 unspecified atom stereocenters. The summed E-state index contributed by atoms with van der Waals surface area (Å²) < 4.78 is 13.2. The van der Waals surface area contributed by atoms with Gasteiger partial charge in [0.15, 0.2) is 6.29 Å². The van der Waals surface area contributed by atoms with Gasteiger partial charge in [-0.1, -0.05) is 20.3 Å². The number of carbonyl (C=O) groups excluding carboxylic acids is 1. The van der Waals surface area contributed by atoms with E-state index in [1.54, 1.807) is 6.07 Å². The minimum Gasteiger partial charge on any atom is -0.368 e. The number of benzene rings is 1. The first-order valence-electron chi connectivity index (χ1n) is 6.65. The highest BCUT2D eigenvalue weighted by Gasteiger charge is 2.16. The molecule has 0 spiro atoms. The highest BCUT2D eigenvalue weighted by atomic mass is 19.1. The van der Waals surface area contributed by atoms with E-state index in [0.29, 0.717) is 11.6 Å². The molecule has 3 heteroatoms. The maximum Gasteiger partial charge on any atom is 0.152 e. The lowest BCUT2D eigenvalue weighted by Gasteiger charge is -2.31. The van der Waals surface area contributed by atoms with E-state index in [-0.39, 0.29) is 5.82 Å². The molecule has 100 valence electrons. The van der Waals surface area contributed by atoms with E-state index in [2.05, 4.69) is 25.7 Å². The Hall–Kier alpha value is -1.38. The van der Waals surface area contributed by atoms with Crippen molar-refractivity contribution in [3.05, 3.63) is 29.6 Å². The molecule has 0 aliphatic carbocycles. The highest BCUT2D eigenvalue weighted by Crippen LogP contribution is 2.24. The van der Waals surface area contributed by atoms with Crippen molar-refractivity contribution in [2.75, 3.05) is 11.4 Å². The second-order valence-electron chi connectivity index (χ2n) is 4.63. The van der Waals surface area contributed by atoms with Crippen molar-refractivity contribution in [2.45, 2.75) is 46.1 Å². The van der Waals surface area contributed by atoms with Crippen LogP contribution in [-0.2, 0) is 0 Å². The number of rotatable bonds is 7. The molecule has 1 atom stereocenters. The molecule has 0 amide bonds. The average molecular weight is 251 g/mol. The summed E-state index contributed by atoms with van der Waals surface area (Å²) in [6, 6.07) is 4.79. The lowest BCUT2D eigenvalue weighted by molar-refractivity contribution is 0.112. The number of aldehydes is 1. The Balaban J connectivity index is 3.07. The van der Waals surface area contributed by atoms with Crippen LogP contribution in [0.5, 0.6) is 0 Å². The molecule has 0 saturated carbocycles. The number of anilines is 1. The zero-order valence-corrected chi connectivity index (χ0v) is 11.4. The molecular weight excluding hydrogens is 229 g/mol. The summed E-state index contributed by atoms with van der Waals surface area (Å²) in [6.45, 7) is 7.29. The Bertz CT molecular complexity index is 392. The van der Waals surface area contributed by atoms with Crippen LogP contribution in [0.15, 0.2) is 18.2 Å². The van der Waals surface area contributed by atoms with Gasteiger partial charge in [0, 0.05) is 23.8 Å². The van der Waals surface area contributed by atoms with E-state index >= 15 is 0 Å². The van der Waals surface area contributed by atoms with Gasteiger partial charge in [-0.3, -0.25) is 4.79 Å². The summed E-state index contributed by atoms with van der Waals surface area (Å²) in [5.41, 5.74) is 1.28. The number of carbonyl (C=O) groups is 1. The SMILES string of the molecule is CCCCN(c1ccc(F)cc1C=O)C(C)CC. The van der Waals surface area contributed by atoms with Gasteiger partial charge in [0.2, 0.25) is 0 Å². The zero-order valence-electron chi connectivity index (χ0n) is 11.4. The third kappa shape index (κ3) is 3.56. The van der Waals surface area contributed by atoms with Crippen LogP contribution in [0.2, 0.25) is 0 Å². The van der Waals surface area contributed by atoms with Crippen LogP contribution in [0.4, 0.5) is 10.1 Å². The molecule has 0 aromatic heterocycles. The summed E-state index contributed by atoms with van der Waals surface area (Å²) in [5, 5.41) is 0. The molecule has 1 aromatic rings. The van der Waals surface area contributed by atoms with Crippen molar-refractivity contribution in [3.63, 3.8) is 0 Å². The predicted octanol–water partition coefficient (Wildman–Crippen LogP) is 4.04. The van der Waals surface area contributed by atoms with E-state index in [1.807, 2.05) is 0 Å². The molecule has 1 rings (SSSR count). The number of halogens is 1. The van der Waals surface area contributed by atoms with Crippen molar-refractivity contribution in [1.29, 1.82) is 0 Å². The first-order chi connectivity index (χ1) is 8.63. The van der Waals surface area contributed by atoms with Crippen LogP contribution >= 0.6 is 0 Å². The van der Waals surface area contributed by atoms with Crippen molar-refractivity contribution < 1.29 is 9.18 Å². The fraction of sp³-hybridized carbons (Fsp3) is 0.533. The smallest absolute Gasteiger partial charge is 0.152 e. The van der Waals surface area contributed by atoms with E-state index in [4.69, 9.17) is 0 Å². The van der Waals surface area contributed by atoms with Crippen LogP contribution < -0.4 is 4.90 Å². The molecule has 2 nitrogen and oxygen atoms in total. The molecule has 1 aromatic carbocycles. The van der Waals surface area contributed by atoms with Crippen molar-refractivity contribution >= 4 is 12.0 Å². The van der Waals surface area contributed by atoms with Crippen molar-refractivity contribution in [3.8, 4) is 0 Å². The normalized spacial score (nSPS) is 12.2. The molecule has 18 heavy (non-hydrogen) atoms. The van der Waals surface area contributed by atoms with E-state index < -0.39 is 0 Å². The minimum absolute atomic E-state index is 0.348. The second-order valence-corrected chi connectivity index (χ2v) is 4.63. The third-order valence-electron chi connectivity index (χ3n) is 3.30. The monoisotopic (exact) mass is 251 g/mol. The van der Waals surface area contributed by atoms with Crippen LogP contribution in [0, 0.1) is 5.82 Å². The lowest BCUT2D eigenvalue weighted by Crippen LogP contribution is -2.34. The Kier molecular flexibility index (Phi) is 5.83. The number of unbranched alkanes of at least 4 members (excludes halogenated alkanes) is 1. The van der Waals surface area contributed by atoms with Gasteiger partial charge in [0.05, 0.1) is 0 Å². The van der Waals surface area contributed by atoms with Crippen molar-refractivity contribution in [1.82, 2.24) is 0 Å². The fourth-order valence-electron chi connectivity index (χ4n) is 2.01. The molecule has 0 radical (unpaired) electrons. The first kappa shape index (κ1) is 14.7. The summed E-state index contributed by atoms with van der Waals surface area (Å²) in [5.74, 6) is -0.361. The average Bonchev–Trinajstić information content (AvgIpc) is 2.39. The van der Waals surface area contributed by atoms with Crippen molar-refractivity contribution in [2.24, 2.45) is 0 Å². The van der Waals surface area contributed by atoms with Gasteiger partial charge in [-0.2, -0.15) is 0 Å². The third-order valence-corrected chi connectivity index (χ3v) is 3.30. The maximum atomic E-state index is 13.2. The summed E-state index contributed by atoms with van der Waals surface area (Å²) in [6.07, 6.45) is 3.91. The highest BCUT2D eigenvalue weighted by molar-refractivity contribution is 5.84. The number of nitrogens with zero attached hydrogens (tertiary/aromatic N) is 1. The fourth-order valence-corrected chi connectivity index (χ4v) is 2.01. The summed E-state index contributed by atoms with van der Waals surface area (Å²) >= 11 is 0. The first-order valence-corrected chi connectivity index (χ1v) is 6.65. The van der Waals surface area contributed by atoms with Gasteiger partial charge >= 0.3 is 0 Å². The molecule has 0 aliphatic heterocycles. The van der Waals surface area contributed by atoms with Gasteiger partial charge in [-0.05, 0) is 38.0 Å². The zero-order chi connectivity index (χ0) is 13.5. The summed E-state index contributed by atoms with van der Waals surface area (Å²) in [4.78, 5) is 13.3. The standard InChI is InChI=1S/C15H22FNO/c1-4-6-9-17(12(3)5-2)15-8-7-14(16)10-13(15)11-18/h7-8,10-12H,4-6,9H2,1-3H3. The maximum absolute atomic E-state index is 13.2. The Morgan fingerprint density at radius 2 is 2.11 bits per heavy atom. The van der Waals surface area contributed by atoms with Crippen LogP contribution in [-0.4, -0.2) is 18.9 Å². The molecule has 0 bridgehead atoms. The Morgan fingerprint density at radius 1 is 1.39 bits per heavy atom. The van der Waals surface area contributed by atoms with Gasteiger partial charge in [-0.25, -0.2) is 4.39 Å². The molecule has 0 aliphatic rings. The second kappa shape index (κ2) is 7.14. The summed E-state index contributed by atoms with van der Waals surface area (Å²) in [7, 11) is 0. The predicted molar refractivity (Wildman–Crippen MR) is 73.8 cm³/mol. The van der Waals surface area contributed by atoms with Crippen LogP contribution in [0.25, 0.3) is 0 Å². The van der Waals surface area contributed by atoms with E-state index in [1.165, 1.54) is 12.1 Å². The lowest BCUT2D eigenvalue weighted by atomic mass is 10.1. The molecule has 0 saturated heterocycles. The van der Waals surface area contributed by atoms with E-state index in [9.17, 15) is 9.18 Å². The Morgan fingerprint density at radius 3 is 2.67 bits per heavy atom. The largest absolute Gasteiger partial charge is 0.368 e. The Labute approximate surface area is 109 Å². The van der Waals surface area contributed by atoms with Gasteiger partial charge in [0.1, 0.15) is 5.82 Å². The quantitative estimate of drug-likeness (QED) is 0.681. The van der Waals surface area contributed by atoms with Crippen LogP contribution in [0.3, 0.4) is 0 Å². The number of hydrogen-bond donors (Lipinski definition) is 0. The van der Waals surface area contributed by atoms with E-state index in [0.717, 1.165) is 37.8 Å². The molecule has 0 fully saturated rings.